The normalized spacial score (nSPS) is 18.0. The average Bonchev–Trinajstić information content (AvgIpc) is 2.60. The fourth-order valence-corrected chi connectivity index (χ4v) is 3.25. The summed E-state index contributed by atoms with van der Waals surface area (Å²) in [4.78, 5) is 19.4. The van der Waals surface area contributed by atoms with Crippen LogP contribution in [-0.4, -0.2) is 48.7 Å². The van der Waals surface area contributed by atoms with Crippen molar-refractivity contribution in [2.24, 2.45) is 0 Å². The molecule has 5 heteroatoms. The smallest absolute Gasteiger partial charge is 0.255 e. The Morgan fingerprint density at radius 3 is 2.96 bits per heavy atom. The highest BCUT2D eigenvalue weighted by Crippen LogP contribution is 2.23. The number of hydrogen-bond donors (Lipinski definition) is 0. The standard InChI is InChI=1S/C19H24N2O3/c1-4-24-16-6-5-9-21(12-16)19(22)17-10-14-7-8-15(23-3)11-18(14)20-13(17)2/h7-8,10-11,16H,4-6,9,12H2,1-3H3/t16-/m1/s1. The number of aromatic nitrogens is 1. The van der Waals surface area contributed by atoms with Crippen molar-refractivity contribution in [1.29, 1.82) is 0 Å². The summed E-state index contributed by atoms with van der Waals surface area (Å²) in [5, 5.41) is 0.947. The van der Waals surface area contributed by atoms with Gasteiger partial charge >= 0.3 is 0 Å². The minimum Gasteiger partial charge on any atom is -0.497 e. The molecule has 24 heavy (non-hydrogen) atoms. The largest absolute Gasteiger partial charge is 0.497 e. The summed E-state index contributed by atoms with van der Waals surface area (Å²) >= 11 is 0. The highest BCUT2D eigenvalue weighted by Gasteiger charge is 2.26. The highest BCUT2D eigenvalue weighted by atomic mass is 16.5. The van der Waals surface area contributed by atoms with Crippen LogP contribution in [0.5, 0.6) is 5.75 Å². The molecule has 0 aliphatic carbocycles. The van der Waals surface area contributed by atoms with E-state index in [-0.39, 0.29) is 12.0 Å². The predicted octanol–water partition coefficient (Wildman–Crippen LogP) is 3.19. The topological polar surface area (TPSA) is 51.7 Å². The van der Waals surface area contributed by atoms with Crippen molar-refractivity contribution in [3.8, 4) is 5.75 Å². The van der Waals surface area contributed by atoms with E-state index >= 15 is 0 Å². The molecule has 0 radical (unpaired) electrons. The molecule has 0 saturated carbocycles. The van der Waals surface area contributed by atoms with E-state index in [9.17, 15) is 4.79 Å². The number of aryl methyl sites for hydroxylation is 1. The second-order valence-electron chi connectivity index (χ2n) is 6.15. The molecule has 128 valence electrons. The van der Waals surface area contributed by atoms with Crippen LogP contribution in [0.25, 0.3) is 10.9 Å². The maximum atomic E-state index is 12.9. The number of fused-ring (bicyclic) bond motifs is 1. The number of methoxy groups -OCH3 is 1. The van der Waals surface area contributed by atoms with Gasteiger partial charge in [-0.15, -0.1) is 0 Å². The molecule has 2 aromatic rings. The van der Waals surface area contributed by atoms with E-state index in [0.29, 0.717) is 18.7 Å². The zero-order valence-corrected chi connectivity index (χ0v) is 14.5. The highest BCUT2D eigenvalue weighted by molar-refractivity contribution is 5.98. The first-order chi connectivity index (χ1) is 11.6. The van der Waals surface area contributed by atoms with E-state index in [0.717, 1.165) is 41.7 Å². The van der Waals surface area contributed by atoms with Crippen molar-refractivity contribution >= 4 is 16.8 Å². The number of hydrogen-bond acceptors (Lipinski definition) is 4. The average molecular weight is 328 g/mol. The SMILES string of the molecule is CCO[C@@H]1CCCN(C(=O)c2cc3ccc(OC)cc3nc2C)C1. The second kappa shape index (κ2) is 7.18. The number of benzene rings is 1. The van der Waals surface area contributed by atoms with Crippen molar-refractivity contribution in [3.05, 3.63) is 35.5 Å². The number of pyridine rings is 1. The number of carbonyl (C=O) groups excluding carboxylic acids is 1. The zero-order valence-electron chi connectivity index (χ0n) is 14.5. The molecule has 0 spiro atoms. The van der Waals surface area contributed by atoms with E-state index in [4.69, 9.17) is 9.47 Å². The number of nitrogens with zero attached hydrogens (tertiary/aromatic N) is 2. The zero-order chi connectivity index (χ0) is 17.1. The van der Waals surface area contributed by atoms with Gasteiger partial charge in [0.2, 0.25) is 0 Å². The lowest BCUT2D eigenvalue weighted by Crippen LogP contribution is -2.43. The summed E-state index contributed by atoms with van der Waals surface area (Å²) in [6, 6.07) is 7.66. The number of piperidine rings is 1. The first kappa shape index (κ1) is 16.7. The molecule has 1 fully saturated rings. The van der Waals surface area contributed by atoms with Crippen molar-refractivity contribution in [2.45, 2.75) is 32.8 Å². The molecule has 0 bridgehead atoms. The molecule has 0 N–H and O–H groups in total. The molecule has 1 aromatic heterocycles. The second-order valence-corrected chi connectivity index (χ2v) is 6.15. The Balaban J connectivity index is 1.87. The van der Waals surface area contributed by atoms with Gasteiger partial charge in [0, 0.05) is 31.1 Å². The lowest BCUT2D eigenvalue weighted by atomic mass is 10.0. The Labute approximate surface area is 142 Å². The van der Waals surface area contributed by atoms with Crippen LogP contribution in [0.1, 0.15) is 35.8 Å². The predicted molar refractivity (Wildman–Crippen MR) is 93.6 cm³/mol. The molecule has 1 aromatic carbocycles. The van der Waals surface area contributed by atoms with Crippen LogP contribution in [0.3, 0.4) is 0 Å². The molecule has 0 unspecified atom stereocenters. The maximum absolute atomic E-state index is 12.9. The Morgan fingerprint density at radius 2 is 2.21 bits per heavy atom. The third kappa shape index (κ3) is 3.36. The van der Waals surface area contributed by atoms with Gasteiger partial charge in [-0.25, -0.2) is 0 Å². The molecule has 2 heterocycles. The minimum atomic E-state index is 0.0436. The van der Waals surface area contributed by atoms with Gasteiger partial charge in [-0.05, 0) is 44.9 Å². The Hall–Kier alpha value is -2.14. The van der Waals surface area contributed by atoms with Gasteiger partial charge in [0.15, 0.2) is 0 Å². The monoisotopic (exact) mass is 328 g/mol. The van der Waals surface area contributed by atoms with Gasteiger partial charge in [0.05, 0.1) is 30.0 Å². The lowest BCUT2D eigenvalue weighted by Gasteiger charge is -2.32. The molecule has 5 nitrogen and oxygen atoms in total. The number of ether oxygens (including phenoxy) is 2. The summed E-state index contributed by atoms with van der Waals surface area (Å²) in [5.41, 5.74) is 2.26. The van der Waals surface area contributed by atoms with Gasteiger partial charge in [-0.3, -0.25) is 9.78 Å². The van der Waals surface area contributed by atoms with Crippen LogP contribution in [0.4, 0.5) is 0 Å². The first-order valence-electron chi connectivity index (χ1n) is 8.48. The van der Waals surface area contributed by atoms with Gasteiger partial charge < -0.3 is 14.4 Å². The summed E-state index contributed by atoms with van der Waals surface area (Å²) in [5.74, 6) is 0.811. The van der Waals surface area contributed by atoms with E-state index in [1.807, 2.05) is 43.0 Å². The van der Waals surface area contributed by atoms with Crippen molar-refractivity contribution in [2.75, 3.05) is 26.8 Å². The van der Waals surface area contributed by atoms with Crippen LogP contribution < -0.4 is 4.74 Å². The third-order valence-corrected chi connectivity index (χ3v) is 4.51. The fourth-order valence-electron chi connectivity index (χ4n) is 3.25. The van der Waals surface area contributed by atoms with Gasteiger partial charge in [0.1, 0.15) is 5.75 Å². The number of rotatable bonds is 4. The summed E-state index contributed by atoms with van der Waals surface area (Å²) in [7, 11) is 1.64. The molecule has 1 amide bonds. The lowest BCUT2D eigenvalue weighted by molar-refractivity contribution is 0.00720. The summed E-state index contributed by atoms with van der Waals surface area (Å²) < 4.78 is 10.9. The fraction of sp³-hybridized carbons (Fsp3) is 0.474. The summed E-state index contributed by atoms with van der Waals surface area (Å²) in [6.07, 6.45) is 2.14. The van der Waals surface area contributed by atoms with Crippen molar-refractivity contribution in [3.63, 3.8) is 0 Å². The first-order valence-corrected chi connectivity index (χ1v) is 8.48. The van der Waals surface area contributed by atoms with E-state index < -0.39 is 0 Å². The van der Waals surface area contributed by atoms with Gasteiger partial charge in [0.25, 0.3) is 5.91 Å². The van der Waals surface area contributed by atoms with E-state index in [1.165, 1.54) is 0 Å². The quantitative estimate of drug-likeness (QED) is 0.865. The molecule has 1 aliphatic heterocycles. The molecule has 3 rings (SSSR count). The van der Waals surface area contributed by atoms with Gasteiger partial charge in [-0.2, -0.15) is 0 Å². The molecular formula is C19H24N2O3. The molecular weight excluding hydrogens is 304 g/mol. The van der Waals surface area contributed by atoms with Crippen molar-refractivity contribution < 1.29 is 14.3 Å². The minimum absolute atomic E-state index is 0.0436. The molecule has 1 aliphatic rings. The summed E-state index contributed by atoms with van der Waals surface area (Å²) in [6.45, 7) is 6.00. The Bertz CT molecular complexity index is 743. The van der Waals surface area contributed by atoms with Crippen molar-refractivity contribution in [1.82, 2.24) is 9.88 Å². The number of amides is 1. The number of carbonyl (C=O) groups is 1. The van der Waals surface area contributed by atoms with Crippen LogP contribution in [0, 0.1) is 6.92 Å². The van der Waals surface area contributed by atoms with Crippen LogP contribution in [0.2, 0.25) is 0 Å². The van der Waals surface area contributed by atoms with E-state index in [1.54, 1.807) is 7.11 Å². The molecule has 1 saturated heterocycles. The number of likely N-dealkylation sites (tertiary alicyclic amines) is 1. The molecule has 1 atom stereocenters. The van der Waals surface area contributed by atoms with Gasteiger partial charge in [-0.1, -0.05) is 0 Å². The van der Waals surface area contributed by atoms with E-state index in [2.05, 4.69) is 4.98 Å². The third-order valence-electron chi connectivity index (χ3n) is 4.51. The Morgan fingerprint density at radius 1 is 1.38 bits per heavy atom. The van der Waals surface area contributed by atoms with Crippen LogP contribution in [-0.2, 0) is 4.74 Å². The Kier molecular flexibility index (Phi) is 5.00. The van der Waals surface area contributed by atoms with Crippen LogP contribution >= 0.6 is 0 Å². The maximum Gasteiger partial charge on any atom is 0.255 e. The van der Waals surface area contributed by atoms with Crippen LogP contribution in [0.15, 0.2) is 24.3 Å².